The number of halogens is 3. The van der Waals surface area contributed by atoms with E-state index in [0.717, 1.165) is 65.4 Å². The minimum atomic E-state index is 0. The summed E-state index contributed by atoms with van der Waals surface area (Å²) < 4.78 is 0. The van der Waals surface area contributed by atoms with Gasteiger partial charge in [-0.05, 0) is 72.8 Å². The average Bonchev–Trinajstić information content (AvgIpc) is 3.09. The summed E-state index contributed by atoms with van der Waals surface area (Å²) in [5.41, 5.74) is 6.07. The van der Waals surface area contributed by atoms with Gasteiger partial charge in [-0.15, -0.1) is 0 Å². The molecule has 0 bridgehead atoms. The van der Waals surface area contributed by atoms with Crippen LogP contribution in [-0.2, 0) is 19.5 Å². The molecule has 3 aromatic carbocycles. The molecule has 9 aromatic rings. The van der Waals surface area contributed by atoms with Crippen LogP contribution in [0.2, 0.25) is 0 Å². The Morgan fingerprint density at radius 3 is 0.848 bits per heavy atom. The van der Waals surface area contributed by atoms with Gasteiger partial charge in [0.05, 0.1) is 33.1 Å². The number of rotatable bonds is 0. The van der Waals surface area contributed by atoms with Crippen LogP contribution in [0.3, 0.4) is 0 Å². The third-order valence-electron chi connectivity index (χ3n) is 7.06. The predicted molar refractivity (Wildman–Crippen MR) is 171 cm³/mol. The zero-order chi connectivity index (χ0) is 28.1. The zero-order valence-corrected chi connectivity index (χ0v) is 28.0. The molecule has 0 spiro atoms. The van der Waals surface area contributed by atoms with Gasteiger partial charge < -0.3 is 37.2 Å². The van der Waals surface area contributed by atoms with Crippen molar-refractivity contribution >= 4 is 65.4 Å². The van der Waals surface area contributed by atoms with E-state index < -0.39 is 0 Å². The Hall–Kier alpha value is -4.39. The first kappa shape index (κ1) is 36.1. The van der Waals surface area contributed by atoms with Gasteiger partial charge in [0.1, 0.15) is 0 Å². The van der Waals surface area contributed by atoms with E-state index in [1.807, 2.05) is 73.2 Å². The van der Waals surface area contributed by atoms with Gasteiger partial charge in [0.25, 0.3) is 0 Å². The van der Waals surface area contributed by atoms with E-state index in [1.54, 1.807) is 18.6 Å². The minimum Gasteiger partial charge on any atom is -1.00 e. The van der Waals surface area contributed by atoms with Crippen LogP contribution in [0, 0.1) is 0 Å². The van der Waals surface area contributed by atoms with Crippen LogP contribution in [0.4, 0.5) is 0 Å². The molecule has 0 unspecified atom stereocenters. The number of nitrogens with zero attached hydrogens (tertiary/aromatic N) is 6. The molecule has 0 aliphatic carbocycles. The van der Waals surface area contributed by atoms with Crippen molar-refractivity contribution in [1.82, 2.24) is 29.9 Å². The van der Waals surface area contributed by atoms with Gasteiger partial charge in [-0.3, -0.25) is 29.9 Å². The Morgan fingerprint density at radius 1 is 0.283 bits per heavy atom. The third kappa shape index (κ3) is 7.52. The van der Waals surface area contributed by atoms with Crippen molar-refractivity contribution in [3.8, 4) is 0 Å². The first-order valence-electron chi connectivity index (χ1n) is 13.6. The third-order valence-corrected chi connectivity index (χ3v) is 7.06. The maximum atomic E-state index is 4.37. The molecule has 46 heavy (non-hydrogen) atoms. The number of fused-ring (bicyclic) bond motifs is 9. The van der Waals surface area contributed by atoms with Crippen LogP contribution in [0.25, 0.3) is 65.4 Å². The van der Waals surface area contributed by atoms with E-state index in [1.165, 1.54) is 0 Å². The van der Waals surface area contributed by atoms with Crippen LogP contribution >= 0.6 is 0 Å². The second-order valence-corrected chi connectivity index (χ2v) is 9.63. The summed E-state index contributed by atoms with van der Waals surface area (Å²) in [4.78, 5) is 26.0. The van der Waals surface area contributed by atoms with E-state index in [2.05, 4.69) is 84.5 Å². The quantitative estimate of drug-likeness (QED) is 0.152. The molecule has 0 fully saturated rings. The second-order valence-electron chi connectivity index (χ2n) is 9.63. The number of hydrogen-bond acceptors (Lipinski definition) is 6. The largest absolute Gasteiger partial charge is 3.00 e. The molecule has 6 aromatic heterocycles. The van der Waals surface area contributed by atoms with E-state index in [0.29, 0.717) is 0 Å². The van der Waals surface area contributed by atoms with Gasteiger partial charge in [-0.2, -0.15) is 0 Å². The van der Waals surface area contributed by atoms with E-state index in [-0.39, 0.29) is 56.7 Å². The van der Waals surface area contributed by atoms with Gasteiger partial charge in [-0.25, -0.2) is 0 Å². The maximum absolute atomic E-state index is 4.37. The number of benzene rings is 3. The SMILES string of the molecule is [Cl-].[Cl-].[Cl-].[Ru+3].c1cnc2c(c1)ccc1ncccc12.c1cnc2c(c1)ccc1ncccc12.c1cnc2c(c1)ccc1ncccc12. The first-order valence-corrected chi connectivity index (χ1v) is 13.6. The summed E-state index contributed by atoms with van der Waals surface area (Å²) >= 11 is 0. The van der Waals surface area contributed by atoms with E-state index in [9.17, 15) is 0 Å². The van der Waals surface area contributed by atoms with E-state index >= 15 is 0 Å². The molecule has 10 heteroatoms. The van der Waals surface area contributed by atoms with Gasteiger partial charge in [0.15, 0.2) is 0 Å². The van der Waals surface area contributed by atoms with Crippen molar-refractivity contribution in [2.75, 3.05) is 0 Å². The van der Waals surface area contributed by atoms with Crippen molar-refractivity contribution in [3.63, 3.8) is 0 Å². The van der Waals surface area contributed by atoms with Crippen LogP contribution in [-0.4, -0.2) is 29.9 Å². The Bertz CT molecular complexity index is 1930. The Kier molecular flexibility index (Phi) is 13.2. The molecule has 6 heterocycles. The number of hydrogen-bond donors (Lipinski definition) is 0. The Labute approximate surface area is 296 Å². The molecule has 227 valence electrons. The summed E-state index contributed by atoms with van der Waals surface area (Å²) in [5.74, 6) is 0. The fraction of sp³-hybridized carbons (Fsp3) is 0. The van der Waals surface area contributed by atoms with Gasteiger partial charge in [0, 0.05) is 69.5 Å². The molecule has 9 rings (SSSR count). The fourth-order valence-electron chi connectivity index (χ4n) is 5.09. The maximum Gasteiger partial charge on any atom is 3.00 e. The van der Waals surface area contributed by atoms with Crippen molar-refractivity contribution in [1.29, 1.82) is 0 Å². The summed E-state index contributed by atoms with van der Waals surface area (Å²) in [5, 5.41) is 6.83. The summed E-state index contributed by atoms with van der Waals surface area (Å²) in [6.07, 6.45) is 10.9. The average molecular weight is 748 g/mol. The topological polar surface area (TPSA) is 77.3 Å². The first-order chi connectivity index (χ1) is 20.8. The molecule has 6 nitrogen and oxygen atoms in total. The normalized spacial score (nSPS) is 9.91. The van der Waals surface area contributed by atoms with E-state index in [4.69, 9.17) is 0 Å². The zero-order valence-electron chi connectivity index (χ0n) is 24.0. The Morgan fingerprint density at radius 2 is 0.543 bits per heavy atom. The van der Waals surface area contributed by atoms with Crippen molar-refractivity contribution in [2.45, 2.75) is 0 Å². The summed E-state index contributed by atoms with van der Waals surface area (Å²) in [6, 6.07) is 36.3. The monoisotopic (exact) mass is 747 g/mol. The molecule has 0 N–H and O–H groups in total. The molecule has 0 atom stereocenters. The molecule has 0 amide bonds. The van der Waals surface area contributed by atoms with Crippen molar-refractivity contribution in [3.05, 3.63) is 146 Å². The van der Waals surface area contributed by atoms with Gasteiger partial charge >= 0.3 is 19.5 Å². The van der Waals surface area contributed by atoms with Crippen LogP contribution < -0.4 is 37.2 Å². The van der Waals surface area contributed by atoms with Gasteiger partial charge in [0.2, 0.25) is 0 Å². The van der Waals surface area contributed by atoms with Crippen LogP contribution in [0.15, 0.2) is 146 Å². The number of aromatic nitrogens is 6. The predicted octanol–water partition coefficient (Wildman–Crippen LogP) is -0.641. The van der Waals surface area contributed by atoms with Gasteiger partial charge in [-0.1, -0.05) is 36.4 Å². The molecule has 0 aliphatic heterocycles. The van der Waals surface area contributed by atoms with Crippen molar-refractivity contribution < 1.29 is 56.7 Å². The fourth-order valence-corrected chi connectivity index (χ4v) is 5.09. The molecule has 1 radical (unpaired) electrons. The smallest absolute Gasteiger partial charge is 1.00 e. The van der Waals surface area contributed by atoms with Crippen LogP contribution in [0.5, 0.6) is 0 Å². The summed E-state index contributed by atoms with van der Waals surface area (Å²) in [7, 11) is 0. The number of pyridine rings is 6. The molecule has 0 aliphatic rings. The standard InChI is InChI=1S/3C12H8N2.3ClH.Ru/c3*1-3-9-5-6-11-10(4-2-7-13-11)12(9)14-8-1;;;;/h3*1-8H;3*1H;/q;;;;;;+3/p-3. The molecular formula is C36H24Cl3N6Ru. The molecular weight excluding hydrogens is 724 g/mol. The molecule has 0 saturated heterocycles. The van der Waals surface area contributed by atoms with Crippen LogP contribution in [0.1, 0.15) is 0 Å². The van der Waals surface area contributed by atoms with Crippen molar-refractivity contribution in [2.24, 2.45) is 0 Å². The molecule has 0 saturated carbocycles. The second kappa shape index (κ2) is 16.8. The summed E-state index contributed by atoms with van der Waals surface area (Å²) in [6.45, 7) is 0. The minimum absolute atomic E-state index is 0. The Balaban J connectivity index is 0.000000180.